The average molecular weight is 361 g/mol. The molecule has 0 radical (unpaired) electrons. The van der Waals surface area contributed by atoms with E-state index in [-0.39, 0.29) is 12.0 Å². The van der Waals surface area contributed by atoms with E-state index in [9.17, 15) is 8.42 Å². The number of benzene rings is 2. The number of rotatable bonds is 6. The molecule has 2 rings (SSSR count). The predicted octanol–water partition coefficient (Wildman–Crippen LogP) is 3.52. The van der Waals surface area contributed by atoms with E-state index >= 15 is 0 Å². The Morgan fingerprint density at radius 2 is 1.40 bits per heavy atom. The van der Waals surface area contributed by atoms with Gasteiger partial charge < -0.3 is 4.90 Å². The van der Waals surface area contributed by atoms with Gasteiger partial charge in [0.25, 0.3) is 0 Å². The first-order valence-corrected chi connectivity index (χ1v) is 9.89. The highest BCUT2D eigenvalue weighted by molar-refractivity contribution is 7.89. The van der Waals surface area contributed by atoms with Crippen LogP contribution in [0.15, 0.2) is 53.4 Å². The third-order valence-corrected chi connectivity index (χ3v) is 5.44. The standard InChI is InChI=1S/C20H28N2O2S/c1-20(2,3)18-10-12-19(13-11-18)25(23,24)21-14-16-6-8-17(9-7-16)15-22(4)5/h6-13,21H,14-15H2,1-5H3. The molecule has 0 amide bonds. The smallest absolute Gasteiger partial charge is 0.240 e. The van der Waals surface area contributed by atoms with Crippen LogP contribution < -0.4 is 4.72 Å². The molecule has 0 bridgehead atoms. The van der Waals surface area contributed by atoms with Gasteiger partial charge in [-0.15, -0.1) is 0 Å². The summed E-state index contributed by atoms with van der Waals surface area (Å²) in [5, 5.41) is 0. The van der Waals surface area contributed by atoms with Gasteiger partial charge in [-0.1, -0.05) is 57.2 Å². The van der Waals surface area contributed by atoms with Crippen molar-refractivity contribution in [2.75, 3.05) is 14.1 Å². The molecular formula is C20H28N2O2S. The van der Waals surface area contributed by atoms with Crippen molar-refractivity contribution in [1.29, 1.82) is 0 Å². The lowest BCUT2D eigenvalue weighted by Crippen LogP contribution is -2.23. The zero-order chi connectivity index (χ0) is 18.7. The number of nitrogens with zero attached hydrogens (tertiary/aromatic N) is 1. The van der Waals surface area contributed by atoms with Crippen molar-refractivity contribution < 1.29 is 8.42 Å². The molecule has 2 aromatic carbocycles. The SMILES string of the molecule is CN(C)Cc1ccc(CNS(=O)(=O)c2ccc(C(C)(C)C)cc2)cc1. The second-order valence-corrected chi connectivity index (χ2v) is 9.42. The van der Waals surface area contributed by atoms with Crippen LogP contribution in [0.3, 0.4) is 0 Å². The first-order chi connectivity index (χ1) is 11.6. The number of nitrogens with one attached hydrogen (secondary N) is 1. The molecule has 5 heteroatoms. The molecule has 1 N–H and O–H groups in total. The summed E-state index contributed by atoms with van der Waals surface area (Å²) in [6.07, 6.45) is 0. The van der Waals surface area contributed by atoms with Crippen molar-refractivity contribution in [2.24, 2.45) is 0 Å². The Morgan fingerprint density at radius 1 is 0.880 bits per heavy atom. The monoisotopic (exact) mass is 360 g/mol. The van der Waals surface area contributed by atoms with E-state index in [1.165, 1.54) is 5.56 Å². The fourth-order valence-electron chi connectivity index (χ4n) is 2.52. The van der Waals surface area contributed by atoms with Crippen LogP contribution in [-0.2, 0) is 28.5 Å². The Bertz CT molecular complexity index is 787. The van der Waals surface area contributed by atoms with Gasteiger partial charge in [-0.25, -0.2) is 13.1 Å². The maximum absolute atomic E-state index is 12.5. The average Bonchev–Trinajstić information content (AvgIpc) is 2.53. The van der Waals surface area contributed by atoms with Crippen LogP contribution in [0.2, 0.25) is 0 Å². The summed E-state index contributed by atoms with van der Waals surface area (Å²) in [6.45, 7) is 7.47. The molecule has 4 nitrogen and oxygen atoms in total. The molecule has 0 aromatic heterocycles. The van der Waals surface area contributed by atoms with E-state index in [2.05, 4.69) is 30.4 Å². The second-order valence-electron chi connectivity index (χ2n) is 7.65. The van der Waals surface area contributed by atoms with Crippen molar-refractivity contribution in [2.45, 2.75) is 44.2 Å². The molecule has 0 aliphatic heterocycles. The number of hydrogen-bond donors (Lipinski definition) is 1. The molecule has 25 heavy (non-hydrogen) atoms. The van der Waals surface area contributed by atoms with Gasteiger partial charge in [0.05, 0.1) is 4.90 Å². The maximum Gasteiger partial charge on any atom is 0.240 e. The predicted molar refractivity (Wildman–Crippen MR) is 103 cm³/mol. The van der Waals surface area contributed by atoms with Crippen LogP contribution in [0.1, 0.15) is 37.5 Å². The van der Waals surface area contributed by atoms with Crippen molar-refractivity contribution >= 4 is 10.0 Å². The lowest BCUT2D eigenvalue weighted by atomic mass is 9.87. The van der Waals surface area contributed by atoms with Crippen molar-refractivity contribution in [3.05, 3.63) is 65.2 Å². The molecule has 0 aliphatic carbocycles. The second kappa shape index (κ2) is 7.68. The summed E-state index contributed by atoms with van der Waals surface area (Å²) < 4.78 is 27.6. The molecular weight excluding hydrogens is 332 g/mol. The maximum atomic E-state index is 12.5. The van der Waals surface area contributed by atoms with Crippen LogP contribution in [0.5, 0.6) is 0 Å². The van der Waals surface area contributed by atoms with Gasteiger partial charge in [0.1, 0.15) is 0 Å². The van der Waals surface area contributed by atoms with E-state index in [1.54, 1.807) is 12.1 Å². The third kappa shape index (κ3) is 5.66. The normalized spacial score (nSPS) is 12.6. The molecule has 0 saturated heterocycles. The Labute approximate surface area is 151 Å². The highest BCUT2D eigenvalue weighted by Gasteiger charge is 2.17. The van der Waals surface area contributed by atoms with Crippen LogP contribution in [-0.4, -0.2) is 27.4 Å². The fraction of sp³-hybridized carbons (Fsp3) is 0.400. The van der Waals surface area contributed by atoms with E-state index in [0.717, 1.165) is 17.7 Å². The van der Waals surface area contributed by atoms with Crippen LogP contribution in [0.25, 0.3) is 0 Å². The van der Waals surface area contributed by atoms with Gasteiger partial charge in [0.15, 0.2) is 0 Å². The molecule has 0 atom stereocenters. The zero-order valence-corrected chi connectivity index (χ0v) is 16.5. The van der Waals surface area contributed by atoms with Crippen molar-refractivity contribution in [3.8, 4) is 0 Å². The Balaban J connectivity index is 2.04. The van der Waals surface area contributed by atoms with Gasteiger partial charge in [0, 0.05) is 13.1 Å². The Morgan fingerprint density at radius 3 is 1.88 bits per heavy atom. The number of hydrogen-bond acceptors (Lipinski definition) is 3. The van der Waals surface area contributed by atoms with E-state index < -0.39 is 10.0 Å². The largest absolute Gasteiger partial charge is 0.305 e. The van der Waals surface area contributed by atoms with Gasteiger partial charge in [-0.3, -0.25) is 0 Å². The lowest BCUT2D eigenvalue weighted by molar-refractivity contribution is 0.402. The highest BCUT2D eigenvalue weighted by atomic mass is 32.2. The van der Waals surface area contributed by atoms with Crippen molar-refractivity contribution in [1.82, 2.24) is 9.62 Å². The third-order valence-electron chi connectivity index (χ3n) is 4.02. The molecule has 0 unspecified atom stereocenters. The molecule has 0 heterocycles. The van der Waals surface area contributed by atoms with E-state index in [4.69, 9.17) is 0 Å². The minimum atomic E-state index is -3.51. The van der Waals surface area contributed by atoms with Crippen LogP contribution in [0.4, 0.5) is 0 Å². The van der Waals surface area contributed by atoms with Gasteiger partial charge in [-0.2, -0.15) is 0 Å². The van der Waals surface area contributed by atoms with E-state index in [1.807, 2.05) is 50.5 Å². The highest BCUT2D eigenvalue weighted by Crippen LogP contribution is 2.23. The van der Waals surface area contributed by atoms with E-state index in [0.29, 0.717) is 4.90 Å². The van der Waals surface area contributed by atoms with Gasteiger partial charge >= 0.3 is 0 Å². The number of sulfonamides is 1. The van der Waals surface area contributed by atoms with Gasteiger partial charge in [-0.05, 0) is 48.3 Å². The minimum Gasteiger partial charge on any atom is -0.305 e. The van der Waals surface area contributed by atoms with Crippen LogP contribution in [0, 0.1) is 0 Å². The summed E-state index contributed by atoms with van der Waals surface area (Å²) in [5.74, 6) is 0. The molecule has 2 aromatic rings. The topological polar surface area (TPSA) is 49.4 Å². The molecule has 0 fully saturated rings. The first-order valence-electron chi connectivity index (χ1n) is 8.41. The molecule has 0 aliphatic rings. The summed E-state index contributed by atoms with van der Waals surface area (Å²) in [7, 11) is 0.534. The Hall–Kier alpha value is -1.69. The summed E-state index contributed by atoms with van der Waals surface area (Å²) in [5.41, 5.74) is 3.26. The quantitative estimate of drug-likeness (QED) is 0.857. The summed E-state index contributed by atoms with van der Waals surface area (Å²) >= 11 is 0. The van der Waals surface area contributed by atoms with Crippen molar-refractivity contribution in [3.63, 3.8) is 0 Å². The summed E-state index contributed by atoms with van der Waals surface area (Å²) in [4.78, 5) is 2.39. The fourth-order valence-corrected chi connectivity index (χ4v) is 3.54. The van der Waals surface area contributed by atoms with Crippen LogP contribution >= 0.6 is 0 Å². The molecule has 0 spiro atoms. The molecule has 136 valence electrons. The molecule has 0 saturated carbocycles. The van der Waals surface area contributed by atoms with Gasteiger partial charge in [0.2, 0.25) is 10.0 Å². The Kier molecular flexibility index (Phi) is 6.03. The zero-order valence-electron chi connectivity index (χ0n) is 15.7. The summed E-state index contributed by atoms with van der Waals surface area (Å²) in [6, 6.07) is 15.1. The lowest BCUT2D eigenvalue weighted by Gasteiger charge is -2.19. The minimum absolute atomic E-state index is 0.00399. The first kappa shape index (κ1) is 19.6.